The van der Waals surface area contributed by atoms with E-state index in [1.165, 1.54) is 5.56 Å². The molecule has 3 nitrogen and oxygen atoms in total. The van der Waals surface area contributed by atoms with Crippen LogP contribution in [0.4, 0.5) is 0 Å². The number of hydrogen-bond donors (Lipinski definition) is 0. The first-order valence-corrected chi connectivity index (χ1v) is 8.17. The predicted molar refractivity (Wildman–Crippen MR) is 98.1 cm³/mol. The number of benzene rings is 3. The topological polar surface area (TPSA) is 35.5 Å². The number of rotatable bonds is 5. The number of ether oxygens (including phenoxy) is 2. The molecule has 0 N–H and O–H groups in total. The van der Waals surface area contributed by atoms with Gasteiger partial charge in [0.25, 0.3) is 0 Å². The second-order valence-corrected chi connectivity index (χ2v) is 6.00. The molecule has 0 amide bonds. The maximum absolute atomic E-state index is 12.1. The summed E-state index contributed by atoms with van der Waals surface area (Å²) >= 11 is 0. The predicted octanol–water partition coefficient (Wildman–Crippen LogP) is 5.10. The van der Waals surface area contributed by atoms with Gasteiger partial charge in [0, 0.05) is 0 Å². The first kappa shape index (κ1) is 16.8. The van der Waals surface area contributed by atoms with E-state index in [1.807, 2.05) is 62.4 Å². The zero-order chi connectivity index (χ0) is 17.6. The summed E-state index contributed by atoms with van der Waals surface area (Å²) in [5, 5.41) is 0. The number of aryl methyl sites for hydroxylation is 2. The molecule has 0 saturated heterocycles. The second kappa shape index (κ2) is 7.67. The Morgan fingerprint density at radius 2 is 1.24 bits per heavy atom. The quantitative estimate of drug-likeness (QED) is 0.481. The van der Waals surface area contributed by atoms with Crippen molar-refractivity contribution in [2.45, 2.75) is 20.5 Å². The summed E-state index contributed by atoms with van der Waals surface area (Å²) in [4.78, 5) is 12.1. The summed E-state index contributed by atoms with van der Waals surface area (Å²) in [7, 11) is 0. The molecule has 0 aliphatic heterocycles. The standard InChI is InChI=1S/C22H20O3/c1-16-3-9-19(10-4-16)22(23)25-21-13-7-18(8-14-21)15-24-20-11-5-17(2)6-12-20/h3-14H,15H2,1-2H3. The highest BCUT2D eigenvalue weighted by molar-refractivity contribution is 5.91. The van der Waals surface area contributed by atoms with Gasteiger partial charge in [-0.3, -0.25) is 0 Å². The molecule has 0 aliphatic carbocycles. The molecule has 0 aromatic heterocycles. The Balaban J connectivity index is 1.57. The fourth-order valence-electron chi connectivity index (χ4n) is 2.31. The van der Waals surface area contributed by atoms with Crippen LogP contribution in [0.3, 0.4) is 0 Å². The normalized spacial score (nSPS) is 10.3. The molecule has 0 heterocycles. The van der Waals surface area contributed by atoms with Crippen molar-refractivity contribution in [3.05, 3.63) is 95.1 Å². The molecule has 3 aromatic carbocycles. The number of carbonyl (C=O) groups is 1. The van der Waals surface area contributed by atoms with Crippen LogP contribution in [0.2, 0.25) is 0 Å². The third-order valence-corrected chi connectivity index (χ3v) is 3.85. The molecular formula is C22H20O3. The Morgan fingerprint density at radius 1 is 0.720 bits per heavy atom. The molecule has 0 bridgehead atoms. The van der Waals surface area contributed by atoms with Crippen LogP contribution in [0.1, 0.15) is 27.0 Å². The van der Waals surface area contributed by atoms with Crippen LogP contribution in [0.25, 0.3) is 0 Å². The summed E-state index contributed by atoms with van der Waals surface area (Å²) in [5.74, 6) is 0.994. The van der Waals surface area contributed by atoms with Crippen molar-refractivity contribution in [2.75, 3.05) is 0 Å². The van der Waals surface area contributed by atoms with E-state index < -0.39 is 0 Å². The highest BCUT2D eigenvalue weighted by atomic mass is 16.5. The van der Waals surface area contributed by atoms with Gasteiger partial charge in [0.1, 0.15) is 18.1 Å². The van der Waals surface area contributed by atoms with E-state index in [9.17, 15) is 4.79 Å². The van der Waals surface area contributed by atoms with Crippen LogP contribution >= 0.6 is 0 Å². The maximum Gasteiger partial charge on any atom is 0.343 e. The van der Waals surface area contributed by atoms with E-state index in [4.69, 9.17) is 9.47 Å². The van der Waals surface area contributed by atoms with Crippen molar-refractivity contribution in [3.63, 3.8) is 0 Å². The Labute approximate surface area is 147 Å². The zero-order valence-corrected chi connectivity index (χ0v) is 14.4. The SMILES string of the molecule is Cc1ccc(OCc2ccc(OC(=O)c3ccc(C)cc3)cc2)cc1. The van der Waals surface area contributed by atoms with Gasteiger partial charge in [-0.2, -0.15) is 0 Å². The molecule has 3 aromatic rings. The van der Waals surface area contributed by atoms with E-state index in [2.05, 4.69) is 0 Å². The Bertz CT molecular complexity index is 832. The van der Waals surface area contributed by atoms with Crippen LogP contribution in [0, 0.1) is 13.8 Å². The zero-order valence-electron chi connectivity index (χ0n) is 14.4. The third-order valence-electron chi connectivity index (χ3n) is 3.85. The van der Waals surface area contributed by atoms with Gasteiger partial charge in [-0.25, -0.2) is 4.79 Å². The van der Waals surface area contributed by atoms with Gasteiger partial charge in [0.15, 0.2) is 0 Å². The lowest BCUT2D eigenvalue weighted by atomic mass is 10.1. The molecule has 0 atom stereocenters. The molecule has 0 aliphatic rings. The second-order valence-electron chi connectivity index (χ2n) is 6.00. The maximum atomic E-state index is 12.1. The molecule has 126 valence electrons. The Hall–Kier alpha value is -3.07. The smallest absolute Gasteiger partial charge is 0.343 e. The molecule has 3 heteroatoms. The van der Waals surface area contributed by atoms with Gasteiger partial charge >= 0.3 is 5.97 Å². The largest absolute Gasteiger partial charge is 0.489 e. The summed E-state index contributed by atoms with van der Waals surface area (Å²) in [5.41, 5.74) is 3.86. The van der Waals surface area contributed by atoms with E-state index in [-0.39, 0.29) is 5.97 Å². The van der Waals surface area contributed by atoms with Crippen LogP contribution in [0.15, 0.2) is 72.8 Å². The summed E-state index contributed by atoms with van der Waals surface area (Å²) in [6.45, 7) is 4.49. The lowest BCUT2D eigenvalue weighted by molar-refractivity contribution is 0.0734. The van der Waals surface area contributed by atoms with Gasteiger partial charge in [-0.1, -0.05) is 47.5 Å². The third kappa shape index (κ3) is 4.70. The highest BCUT2D eigenvalue weighted by Gasteiger charge is 2.08. The van der Waals surface area contributed by atoms with E-state index in [1.54, 1.807) is 24.3 Å². The lowest BCUT2D eigenvalue weighted by Crippen LogP contribution is -2.08. The minimum atomic E-state index is -0.358. The average Bonchev–Trinajstić information content (AvgIpc) is 2.63. The highest BCUT2D eigenvalue weighted by Crippen LogP contribution is 2.17. The van der Waals surface area contributed by atoms with Gasteiger partial charge in [-0.15, -0.1) is 0 Å². The van der Waals surface area contributed by atoms with E-state index in [0.717, 1.165) is 16.9 Å². The number of esters is 1. The summed E-state index contributed by atoms with van der Waals surface area (Å²) in [6.07, 6.45) is 0. The van der Waals surface area contributed by atoms with Gasteiger partial charge < -0.3 is 9.47 Å². The Kier molecular flexibility index (Phi) is 5.14. The van der Waals surface area contributed by atoms with Gasteiger partial charge in [0.05, 0.1) is 5.56 Å². The monoisotopic (exact) mass is 332 g/mol. The Morgan fingerprint density at radius 3 is 1.84 bits per heavy atom. The molecule has 0 radical (unpaired) electrons. The summed E-state index contributed by atoms with van der Waals surface area (Å²) < 4.78 is 11.1. The average molecular weight is 332 g/mol. The van der Waals surface area contributed by atoms with Crippen molar-refractivity contribution >= 4 is 5.97 Å². The molecule has 0 spiro atoms. The van der Waals surface area contributed by atoms with Crippen molar-refractivity contribution in [3.8, 4) is 11.5 Å². The van der Waals surface area contributed by atoms with Crippen LogP contribution in [-0.2, 0) is 6.61 Å². The molecular weight excluding hydrogens is 312 g/mol. The molecule has 0 unspecified atom stereocenters. The van der Waals surface area contributed by atoms with E-state index >= 15 is 0 Å². The van der Waals surface area contributed by atoms with Crippen molar-refractivity contribution < 1.29 is 14.3 Å². The molecule has 25 heavy (non-hydrogen) atoms. The van der Waals surface area contributed by atoms with Crippen LogP contribution in [0.5, 0.6) is 11.5 Å². The number of hydrogen-bond acceptors (Lipinski definition) is 3. The van der Waals surface area contributed by atoms with Crippen LogP contribution < -0.4 is 9.47 Å². The first-order valence-electron chi connectivity index (χ1n) is 8.17. The molecule has 0 saturated carbocycles. The van der Waals surface area contributed by atoms with Crippen molar-refractivity contribution in [2.24, 2.45) is 0 Å². The van der Waals surface area contributed by atoms with Gasteiger partial charge in [-0.05, 0) is 55.8 Å². The minimum Gasteiger partial charge on any atom is -0.489 e. The minimum absolute atomic E-state index is 0.358. The van der Waals surface area contributed by atoms with Crippen LogP contribution in [-0.4, -0.2) is 5.97 Å². The molecule has 3 rings (SSSR count). The number of carbonyl (C=O) groups excluding carboxylic acids is 1. The van der Waals surface area contributed by atoms with E-state index in [0.29, 0.717) is 17.9 Å². The fraction of sp³-hybridized carbons (Fsp3) is 0.136. The van der Waals surface area contributed by atoms with Crippen molar-refractivity contribution in [1.82, 2.24) is 0 Å². The van der Waals surface area contributed by atoms with Gasteiger partial charge in [0.2, 0.25) is 0 Å². The first-order chi connectivity index (χ1) is 12.1. The fourth-order valence-corrected chi connectivity index (χ4v) is 2.31. The molecule has 0 fully saturated rings. The van der Waals surface area contributed by atoms with Crippen molar-refractivity contribution in [1.29, 1.82) is 0 Å². The summed E-state index contributed by atoms with van der Waals surface area (Å²) in [6, 6.07) is 22.6. The lowest BCUT2D eigenvalue weighted by Gasteiger charge is -2.08.